The van der Waals surface area contributed by atoms with Gasteiger partial charge in [0.1, 0.15) is 29.0 Å². The van der Waals surface area contributed by atoms with E-state index in [2.05, 4.69) is 58.7 Å². The Morgan fingerprint density at radius 1 is 0.821 bits per heavy atom. The second-order valence-electron chi connectivity index (χ2n) is 6.78. The van der Waals surface area contributed by atoms with Gasteiger partial charge in [-0.3, -0.25) is 0 Å². The fourth-order valence-corrected chi connectivity index (χ4v) is 2.84. The lowest BCUT2D eigenvalue weighted by atomic mass is 10.0. The van der Waals surface area contributed by atoms with Crippen molar-refractivity contribution < 1.29 is 9.47 Å². The van der Waals surface area contributed by atoms with Crippen LogP contribution in [-0.2, 0) is 0 Å². The topological polar surface area (TPSA) is 68.3 Å². The second-order valence-corrected chi connectivity index (χ2v) is 6.78. The number of hydrogen-bond donors (Lipinski definition) is 2. The number of aromatic nitrogens is 2. The van der Waals surface area contributed by atoms with Gasteiger partial charge in [0.25, 0.3) is 0 Å². The van der Waals surface area contributed by atoms with Crippen LogP contribution in [0.1, 0.15) is 31.2 Å². The fraction of sp³-hybridized carbons (Fsp3) is 0.273. The second kappa shape index (κ2) is 8.61. The summed E-state index contributed by atoms with van der Waals surface area (Å²) in [5.41, 5.74) is 3.05. The molecule has 0 atom stereocenters. The first-order chi connectivity index (χ1) is 13.5. The molecule has 0 aliphatic heterocycles. The summed E-state index contributed by atoms with van der Waals surface area (Å²) in [5, 5.41) is 6.63. The van der Waals surface area contributed by atoms with Crippen LogP contribution >= 0.6 is 0 Å². The van der Waals surface area contributed by atoms with Gasteiger partial charge in [-0.25, -0.2) is 9.97 Å². The van der Waals surface area contributed by atoms with Gasteiger partial charge in [0.2, 0.25) is 0 Å². The first-order valence-corrected chi connectivity index (χ1v) is 9.20. The summed E-state index contributed by atoms with van der Waals surface area (Å²) in [6.45, 7) is 6.23. The normalized spacial score (nSPS) is 10.6. The van der Waals surface area contributed by atoms with Crippen molar-refractivity contribution in [1.82, 2.24) is 9.97 Å². The average Bonchev–Trinajstić information content (AvgIpc) is 2.68. The molecule has 28 heavy (non-hydrogen) atoms. The van der Waals surface area contributed by atoms with Gasteiger partial charge < -0.3 is 20.1 Å². The molecule has 0 saturated carbocycles. The lowest BCUT2D eigenvalue weighted by molar-refractivity contribution is 0.405. The van der Waals surface area contributed by atoms with E-state index in [1.165, 1.54) is 5.56 Å². The standard InChI is InChI=1S/C22H26N4O2/c1-14(2)16-6-8-17(9-7-16)25-21-13-22(24-15(3)23-21)26-19-12-18(27-4)10-11-20(19)28-5/h6-14H,1-5H3,(H2,23,24,25,26). The highest BCUT2D eigenvalue weighted by Crippen LogP contribution is 2.31. The van der Waals surface area contributed by atoms with Crippen LogP contribution in [-0.4, -0.2) is 24.2 Å². The van der Waals surface area contributed by atoms with E-state index in [9.17, 15) is 0 Å². The van der Waals surface area contributed by atoms with Crippen LogP contribution in [0.15, 0.2) is 48.5 Å². The number of methoxy groups -OCH3 is 2. The Morgan fingerprint density at radius 2 is 1.50 bits per heavy atom. The number of anilines is 4. The van der Waals surface area contributed by atoms with Crippen molar-refractivity contribution in [1.29, 1.82) is 0 Å². The zero-order chi connectivity index (χ0) is 20.1. The third kappa shape index (κ3) is 4.71. The van der Waals surface area contributed by atoms with Gasteiger partial charge in [0.15, 0.2) is 0 Å². The number of benzene rings is 2. The summed E-state index contributed by atoms with van der Waals surface area (Å²) in [5.74, 6) is 3.99. The van der Waals surface area contributed by atoms with Crippen LogP contribution in [0.3, 0.4) is 0 Å². The molecule has 0 unspecified atom stereocenters. The molecule has 0 aliphatic rings. The molecule has 0 radical (unpaired) electrons. The number of hydrogen-bond acceptors (Lipinski definition) is 6. The molecule has 3 aromatic rings. The quantitative estimate of drug-likeness (QED) is 0.573. The molecule has 146 valence electrons. The van der Waals surface area contributed by atoms with Crippen LogP contribution in [0.5, 0.6) is 11.5 Å². The first kappa shape index (κ1) is 19.5. The van der Waals surface area contributed by atoms with E-state index < -0.39 is 0 Å². The van der Waals surface area contributed by atoms with Crippen LogP contribution in [0.4, 0.5) is 23.0 Å². The van der Waals surface area contributed by atoms with Gasteiger partial charge in [0, 0.05) is 17.8 Å². The molecule has 6 nitrogen and oxygen atoms in total. The lowest BCUT2D eigenvalue weighted by Crippen LogP contribution is -2.02. The SMILES string of the molecule is COc1ccc(OC)c(Nc2cc(Nc3ccc(C(C)C)cc3)nc(C)n2)c1. The molecule has 0 fully saturated rings. The van der Waals surface area contributed by atoms with Gasteiger partial charge in [-0.1, -0.05) is 26.0 Å². The molecule has 2 aromatic carbocycles. The van der Waals surface area contributed by atoms with E-state index in [1.54, 1.807) is 14.2 Å². The third-order valence-electron chi connectivity index (χ3n) is 4.36. The minimum atomic E-state index is 0.504. The van der Waals surface area contributed by atoms with Gasteiger partial charge in [-0.2, -0.15) is 0 Å². The maximum atomic E-state index is 5.43. The van der Waals surface area contributed by atoms with Crippen LogP contribution < -0.4 is 20.1 Å². The van der Waals surface area contributed by atoms with Crippen LogP contribution in [0, 0.1) is 6.92 Å². The smallest absolute Gasteiger partial charge is 0.142 e. The molecule has 0 bridgehead atoms. The van der Waals surface area contributed by atoms with Crippen molar-refractivity contribution in [3.63, 3.8) is 0 Å². The molecular weight excluding hydrogens is 352 g/mol. The summed E-state index contributed by atoms with van der Waals surface area (Å²) >= 11 is 0. The minimum Gasteiger partial charge on any atom is -0.497 e. The summed E-state index contributed by atoms with van der Waals surface area (Å²) < 4.78 is 10.7. The van der Waals surface area contributed by atoms with E-state index in [0.717, 1.165) is 17.1 Å². The Labute approximate surface area is 166 Å². The maximum absolute atomic E-state index is 5.43. The van der Waals surface area contributed by atoms with E-state index in [-0.39, 0.29) is 0 Å². The average molecular weight is 378 g/mol. The lowest BCUT2D eigenvalue weighted by Gasteiger charge is -2.14. The maximum Gasteiger partial charge on any atom is 0.142 e. The predicted octanol–water partition coefficient (Wildman–Crippen LogP) is 5.41. The van der Waals surface area contributed by atoms with Crippen molar-refractivity contribution >= 4 is 23.0 Å². The number of rotatable bonds is 7. The molecule has 2 N–H and O–H groups in total. The highest BCUT2D eigenvalue weighted by atomic mass is 16.5. The molecule has 0 spiro atoms. The van der Waals surface area contributed by atoms with Crippen molar-refractivity contribution in [3.05, 3.63) is 59.9 Å². The molecule has 1 aromatic heterocycles. The zero-order valence-electron chi connectivity index (χ0n) is 16.9. The number of nitrogens with one attached hydrogen (secondary N) is 2. The number of nitrogens with zero attached hydrogens (tertiary/aromatic N) is 2. The molecule has 0 amide bonds. The number of ether oxygens (including phenoxy) is 2. The number of aryl methyl sites for hydroxylation is 1. The Hall–Kier alpha value is -3.28. The molecular formula is C22H26N4O2. The van der Waals surface area contributed by atoms with Gasteiger partial charge in [-0.15, -0.1) is 0 Å². The van der Waals surface area contributed by atoms with Gasteiger partial charge in [-0.05, 0) is 42.7 Å². The summed E-state index contributed by atoms with van der Waals surface area (Å²) in [7, 11) is 3.26. The van der Waals surface area contributed by atoms with E-state index >= 15 is 0 Å². The minimum absolute atomic E-state index is 0.504. The van der Waals surface area contributed by atoms with E-state index in [4.69, 9.17) is 9.47 Å². The predicted molar refractivity (Wildman–Crippen MR) is 113 cm³/mol. The molecule has 3 rings (SSSR count). The van der Waals surface area contributed by atoms with E-state index in [1.807, 2.05) is 31.2 Å². The summed E-state index contributed by atoms with van der Waals surface area (Å²) in [4.78, 5) is 8.97. The Bertz CT molecular complexity index is 940. The van der Waals surface area contributed by atoms with Gasteiger partial charge in [0.05, 0.1) is 19.9 Å². The van der Waals surface area contributed by atoms with Gasteiger partial charge >= 0.3 is 0 Å². The molecule has 1 heterocycles. The van der Waals surface area contributed by atoms with Crippen molar-refractivity contribution in [2.24, 2.45) is 0 Å². The highest BCUT2D eigenvalue weighted by Gasteiger charge is 2.09. The Morgan fingerprint density at radius 3 is 2.11 bits per heavy atom. The van der Waals surface area contributed by atoms with Crippen molar-refractivity contribution in [2.75, 3.05) is 24.9 Å². The van der Waals surface area contributed by atoms with Crippen molar-refractivity contribution in [3.8, 4) is 11.5 Å². The molecule has 0 aliphatic carbocycles. The molecule has 6 heteroatoms. The Balaban J connectivity index is 1.84. The van der Waals surface area contributed by atoms with E-state index in [0.29, 0.717) is 29.1 Å². The summed E-state index contributed by atoms with van der Waals surface area (Å²) in [6.07, 6.45) is 0. The monoisotopic (exact) mass is 378 g/mol. The van der Waals surface area contributed by atoms with Crippen LogP contribution in [0.25, 0.3) is 0 Å². The van der Waals surface area contributed by atoms with Crippen LogP contribution in [0.2, 0.25) is 0 Å². The van der Waals surface area contributed by atoms with Crippen molar-refractivity contribution in [2.45, 2.75) is 26.7 Å². The highest BCUT2D eigenvalue weighted by molar-refractivity contribution is 5.68. The fourth-order valence-electron chi connectivity index (χ4n) is 2.84. The molecule has 0 saturated heterocycles. The zero-order valence-corrected chi connectivity index (χ0v) is 16.9. The largest absolute Gasteiger partial charge is 0.497 e. The first-order valence-electron chi connectivity index (χ1n) is 9.20. The summed E-state index contributed by atoms with van der Waals surface area (Å²) in [6, 6.07) is 15.8. The Kier molecular flexibility index (Phi) is 5.99. The third-order valence-corrected chi connectivity index (χ3v) is 4.36.